The van der Waals surface area contributed by atoms with Crippen molar-refractivity contribution >= 4 is 17.5 Å². The molecule has 2 fully saturated rings. The van der Waals surface area contributed by atoms with Gasteiger partial charge in [0.05, 0.1) is 6.20 Å². The van der Waals surface area contributed by atoms with Gasteiger partial charge in [0.1, 0.15) is 11.6 Å². The van der Waals surface area contributed by atoms with Gasteiger partial charge >= 0.3 is 0 Å². The molecule has 6 heteroatoms. The molecule has 0 unspecified atom stereocenters. The van der Waals surface area contributed by atoms with E-state index in [1.807, 2.05) is 12.1 Å². The fourth-order valence-electron chi connectivity index (χ4n) is 4.25. The van der Waals surface area contributed by atoms with E-state index in [1.54, 1.807) is 18.6 Å². The van der Waals surface area contributed by atoms with E-state index in [1.165, 1.54) is 19.3 Å². The van der Waals surface area contributed by atoms with E-state index >= 15 is 0 Å². The normalized spacial score (nSPS) is 19.0. The summed E-state index contributed by atoms with van der Waals surface area (Å²) in [4.78, 5) is 27.9. The number of aromatic nitrogens is 3. The third kappa shape index (κ3) is 4.43. The summed E-state index contributed by atoms with van der Waals surface area (Å²) in [5, 5.41) is 3.20. The van der Waals surface area contributed by atoms with E-state index in [4.69, 9.17) is 4.98 Å². The molecular formula is C21H27N5O. The third-order valence-electron chi connectivity index (χ3n) is 5.77. The highest BCUT2D eigenvalue weighted by Crippen LogP contribution is 2.31. The van der Waals surface area contributed by atoms with Gasteiger partial charge < -0.3 is 10.2 Å². The molecule has 6 nitrogen and oxygen atoms in total. The smallest absolute Gasteiger partial charge is 0.225 e. The second-order valence-electron chi connectivity index (χ2n) is 7.60. The molecule has 1 N–H and O–H groups in total. The van der Waals surface area contributed by atoms with E-state index in [0.717, 1.165) is 50.3 Å². The van der Waals surface area contributed by atoms with Gasteiger partial charge in [0.15, 0.2) is 0 Å². The summed E-state index contributed by atoms with van der Waals surface area (Å²) in [5.74, 6) is 2.54. The molecule has 3 heterocycles. The second-order valence-corrected chi connectivity index (χ2v) is 7.60. The summed E-state index contributed by atoms with van der Waals surface area (Å²) in [7, 11) is 0. The summed E-state index contributed by atoms with van der Waals surface area (Å²) in [6, 6.07) is 6.06. The molecule has 2 aromatic heterocycles. The number of nitrogens with zero attached hydrogens (tertiary/aromatic N) is 4. The first-order valence-electron chi connectivity index (χ1n) is 10.1. The second kappa shape index (κ2) is 8.46. The van der Waals surface area contributed by atoms with Crippen LogP contribution in [0.4, 0.5) is 11.6 Å². The Morgan fingerprint density at radius 3 is 2.56 bits per heavy atom. The molecule has 0 radical (unpaired) electrons. The third-order valence-corrected chi connectivity index (χ3v) is 5.77. The molecule has 1 amide bonds. The molecule has 27 heavy (non-hydrogen) atoms. The van der Waals surface area contributed by atoms with Crippen LogP contribution in [0.5, 0.6) is 0 Å². The summed E-state index contributed by atoms with van der Waals surface area (Å²) >= 11 is 0. The Labute approximate surface area is 160 Å². The molecule has 0 bridgehead atoms. The first-order valence-corrected chi connectivity index (χ1v) is 10.1. The maximum Gasteiger partial charge on any atom is 0.225 e. The molecule has 0 spiro atoms. The van der Waals surface area contributed by atoms with Crippen LogP contribution in [0.1, 0.15) is 56.6 Å². The van der Waals surface area contributed by atoms with E-state index < -0.39 is 0 Å². The molecule has 1 aliphatic carbocycles. The van der Waals surface area contributed by atoms with Gasteiger partial charge in [-0.2, -0.15) is 0 Å². The lowest BCUT2D eigenvalue weighted by Gasteiger charge is -2.35. The van der Waals surface area contributed by atoms with Gasteiger partial charge in [0, 0.05) is 43.0 Å². The lowest BCUT2D eigenvalue weighted by atomic mass is 9.86. The lowest BCUT2D eigenvalue weighted by Crippen LogP contribution is -2.42. The Bertz CT molecular complexity index is 752. The maximum atomic E-state index is 12.7. The largest absolute Gasteiger partial charge is 0.342 e. The number of carbonyl (C=O) groups is 1. The number of rotatable bonds is 4. The number of pyridine rings is 1. The van der Waals surface area contributed by atoms with E-state index in [-0.39, 0.29) is 5.92 Å². The molecule has 0 atom stereocenters. The number of hydrogen-bond donors (Lipinski definition) is 1. The van der Waals surface area contributed by atoms with E-state index in [0.29, 0.717) is 17.6 Å². The van der Waals surface area contributed by atoms with Crippen molar-refractivity contribution in [2.45, 2.75) is 50.9 Å². The quantitative estimate of drug-likeness (QED) is 0.890. The number of piperidine rings is 1. The van der Waals surface area contributed by atoms with Crippen LogP contribution < -0.4 is 5.32 Å². The van der Waals surface area contributed by atoms with Crippen LogP contribution >= 0.6 is 0 Å². The van der Waals surface area contributed by atoms with Crippen molar-refractivity contribution < 1.29 is 4.79 Å². The molecule has 4 rings (SSSR count). The standard InChI is InChI=1S/C21H27N5O/c27-21(17-5-2-1-3-6-17)26-13-9-16(10-14-26)18-7-4-8-19(24-18)25-20-15-22-11-12-23-20/h4,7-8,11-12,15-17H,1-3,5-6,9-10,13-14H2,(H,23,24,25). The molecule has 1 saturated heterocycles. The minimum atomic E-state index is 0.271. The van der Waals surface area contributed by atoms with Crippen LogP contribution in [0.25, 0.3) is 0 Å². The van der Waals surface area contributed by atoms with Crippen molar-refractivity contribution in [3.63, 3.8) is 0 Å². The van der Waals surface area contributed by atoms with Gasteiger partial charge in [0.2, 0.25) is 5.91 Å². The van der Waals surface area contributed by atoms with E-state index in [9.17, 15) is 4.79 Å². The Hall–Kier alpha value is -2.50. The highest BCUT2D eigenvalue weighted by molar-refractivity contribution is 5.79. The Balaban J connectivity index is 1.35. The number of nitrogens with one attached hydrogen (secondary N) is 1. The monoisotopic (exact) mass is 365 g/mol. The predicted molar refractivity (Wildman–Crippen MR) is 105 cm³/mol. The van der Waals surface area contributed by atoms with Gasteiger partial charge in [-0.15, -0.1) is 0 Å². The number of amides is 1. The molecule has 2 aromatic rings. The maximum absolute atomic E-state index is 12.7. The van der Waals surface area contributed by atoms with Gasteiger partial charge in [0.25, 0.3) is 0 Å². The van der Waals surface area contributed by atoms with Crippen molar-refractivity contribution in [2.24, 2.45) is 5.92 Å². The number of carbonyl (C=O) groups excluding carboxylic acids is 1. The highest BCUT2D eigenvalue weighted by Gasteiger charge is 2.29. The average Bonchev–Trinajstić information content (AvgIpc) is 2.75. The highest BCUT2D eigenvalue weighted by atomic mass is 16.2. The van der Waals surface area contributed by atoms with Crippen LogP contribution in [0.3, 0.4) is 0 Å². The lowest BCUT2D eigenvalue weighted by molar-refractivity contribution is -0.137. The first-order chi connectivity index (χ1) is 13.3. The molecule has 1 saturated carbocycles. The minimum Gasteiger partial charge on any atom is -0.342 e. The zero-order chi connectivity index (χ0) is 18.5. The van der Waals surface area contributed by atoms with Crippen molar-refractivity contribution in [1.29, 1.82) is 0 Å². The number of anilines is 2. The van der Waals surface area contributed by atoms with Gasteiger partial charge in [-0.1, -0.05) is 25.3 Å². The summed E-state index contributed by atoms with van der Waals surface area (Å²) < 4.78 is 0. The van der Waals surface area contributed by atoms with Crippen molar-refractivity contribution in [2.75, 3.05) is 18.4 Å². The Kier molecular flexibility index (Phi) is 5.61. The van der Waals surface area contributed by atoms with Crippen molar-refractivity contribution in [3.8, 4) is 0 Å². The SMILES string of the molecule is O=C(C1CCCCC1)N1CCC(c2cccc(Nc3cnccn3)n2)CC1. The topological polar surface area (TPSA) is 71.0 Å². The minimum absolute atomic E-state index is 0.271. The van der Waals surface area contributed by atoms with Gasteiger partial charge in [-0.25, -0.2) is 9.97 Å². The van der Waals surface area contributed by atoms with Crippen LogP contribution in [0.2, 0.25) is 0 Å². The molecule has 1 aliphatic heterocycles. The summed E-state index contributed by atoms with van der Waals surface area (Å²) in [5.41, 5.74) is 1.09. The molecule has 0 aromatic carbocycles. The van der Waals surface area contributed by atoms with Gasteiger partial charge in [-0.3, -0.25) is 9.78 Å². The zero-order valence-electron chi connectivity index (χ0n) is 15.7. The fraction of sp³-hybridized carbons (Fsp3) is 0.524. The zero-order valence-corrected chi connectivity index (χ0v) is 15.7. The number of hydrogen-bond acceptors (Lipinski definition) is 5. The van der Waals surface area contributed by atoms with Crippen molar-refractivity contribution in [3.05, 3.63) is 42.5 Å². The van der Waals surface area contributed by atoms with Crippen LogP contribution in [0.15, 0.2) is 36.8 Å². The van der Waals surface area contributed by atoms with Crippen LogP contribution in [-0.2, 0) is 4.79 Å². The predicted octanol–water partition coefficient (Wildman–Crippen LogP) is 3.90. The van der Waals surface area contributed by atoms with E-state index in [2.05, 4.69) is 26.3 Å². The average molecular weight is 365 g/mol. The summed E-state index contributed by atoms with van der Waals surface area (Å²) in [6.07, 6.45) is 12.8. The van der Waals surface area contributed by atoms with Crippen molar-refractivity contribution in [1.82, 2.24) is 19.9 Å². The van der Waals surface area contributed by atoms with Gasteiger partial charge in [-0.05, 0) is 37.8 Å². The Morgan fingerprint density at radius 1 is 1.00 bits per heavy atom. The fourth-order valence-corrected chi connectivity index (χ4v) is 4.25. The number of likely N-dealkylation sites (tertiary alicyclic amines) is 1. The molecule has 2 aliphatic rings. The Morgan fingerprint density at radius 2 is 1.81 bits per heavy atom. The first kappa shape index (κ1) is 17.9. The van der Waals surface area contributed by atoms with Crippen LogP contribution in [0, 0.1) is 5.92 Å². The summed E-state index contributed by atoms with van der Waals surface area (Å²) in [6.45, 7) is 1.70. The van der Waals surface area contributed by atoms with Crippen LogP contribution in [-0.4, -0.2) is 38.8 Å². The molecule has 142 valence electrons. The molecular weight excluding hydrogens is 338 g/mol.